The number of hydrogen-bond donors (Lipinski definition) is 0. The van der Waals surface area contributed by atoms with Gasteiger partial charge in [-0.1, -0.05) is 49.1 Å². The monoisotopic (exact) mass is 336 g/mol. The Morgan fingerprint density at radius 2 is 1.88 bits per heavy atom. The molecule has 2 aromatic rings. The molecule has 1 heterocycles. The second-order valence-corrected chi connectivity index (χ2v) is 5.84. The molecular weight excluding hydrogens is 312 g/mol. The number of aromatic nitrogens is 2. The third-order valence-corrected chi connectivity index (χ3v) is 3.77. The van der Waals surface area contributed by atoms with Crippen molar-refractivity contribution in [3.05, 3.63) is 90.6 Å². The van der Waals surface area contributed by atoms with Gasteiger partial charge in [-0.3, -0.25) is 0 Å². The molecule has 0 spiro atoms. The zero-order chi connectivity index (χ0) is 18.2. The number of esters is 1. The summed E-state index contributed by atoms with van der Waals surface area (Å²) in [6.45, 7) is 13.7. The summed E-state index contributed by atoms with van der Waals surface area (Å²) < 4.78 is 7.49. The average molecular weight is 336 g/mol. The van der Waals surface area contributed by atoms with E-state index in [1.54, 1.807) is 13.0 Å². The van der Waals surface area contributed by atoms with Crippen molar-refractivity contribution < 1.29 is 9.53 Å². The Hall–Kier alpha value is -2.88. The minimum atomic E-state index is -0.401. The Morgan fingerprint density at radius 1 is 1.20 bits per heavy atom. The maximum absolute atomic E-state index is 11.8. The van der Waals surface area contributed by atoms with Gasteiger partial charge in [0.05, 0.1) is 11.4 Å². The van der Waals surface area contributed by atoms with Gasteiger partial charge in [0.1, 0.15) is 12.4 Å². The largest absolute Gasteiger partial charge is 0.456 e. The van der Waals surface area contributed by atoms with Crippen LogP contribution in [0.4, 0.5) is 0 Å². The number of allylic oxidation sites excluding steroid dienone is 2. The van der Waals surface area contributed by atoms with Gasteiger partial charge >= 0.3 is 5.97 Å². The lowest BCUT2D eigenvalue weighted by Gasteiger charge is -2.13. The van der Waals surface area contributed by atoms with Crippen molar-refractivity contribution in [1.82, 2.24) is 9.55 Å². The van der Waals surface area contributed by atoms with Crippen LogP contribution in [-0.4, -0.2) is 15.5 Å². The zero-order valence-corrected chi connectivity index (χ0v) is 14.7. The quantitative estimate of drug-likeness (QED) is 0.395. The van der Waals surface area contributed by atoms with E-state index in [4.69, 9.17) is 9.72 Å². The van der Waals surface area contributed by atoms with E-state index in [1.165, 1.54) is 0 Å². The summed E-state index contributed by atoms with van der Waals surface area (Å²) in [4.78, 5) is 16.5. The van der Waals surface area contributed by atoms with Crippen LogP contribution < -0.4 is 0 Å². The van der Waals surface area contributed by atoms with Gasteiger partial charge in [0.2, 0.25) is 0 Å². The second-order valence-electron chi connectivity index (χ2n) is 5.84. The van der Waals surface area contributed by atoms with E-state index >= 15 is 0 Å². The second kappa shape index (κ2) is 8.83. The predicted molar refractivity (Wildman–Crippen MR) is 100 cm³/mol. The molecule has 1 aromatic carbocycles. The molecule has 2 rings (SSSR count). The first-order valence-electron chi connectivity index (χ1n) is 8.22. The molecule has 0 fully saturated rings. The molecule has 0 atom stereocenters. The Morgan fingerprint density at radius 3 is 2.48 bits per heavy atom. The summed E-state index contributed by atoms with van der Waals surface area (Å²) in [7, 11) is 0. The molecule has 0 aliphatic rings. The molecule has 0 radical (unpaired) electrons. The number of carbonyl (C=O) groups excluding carboxylic acids is 1. The van der Waals surface area contributed by atoms with Crippen LogP contribution in [0.1, 0.15) is 29.7 Å². The molecule has 4 heteroatoms. The number of carbonyl (C=O) groups is 1. The lowest BCUT2D eigenvalue weighted by Crippen LogP contribution is -2.13. The normalized spacial score (nSPS) is 10.3. The highest BCUT2D eigenvalue weighted by molar-refractivity contribution is 5.86. The molecule has 130 valence electrons. The fraction of sp³-hybridized carbons (Fsp3) is 0.238. The minimum absolute atomic E-state index is 0.159. The van der Waals surface area contributed by atoms with Crippen molar-refractivity contribution in [2.45, 2.75) is 32.9 Å². The number of hydrogen-bond acceptors (Lipinski definition) is 3. The Kier molecular flexibility index (Phi) is 6.52. The predicted octanol–water partition coefficient (Wildman–Crippen LogP) is 4.01. The number of ether oxygens (including phenoxy) is 1. The maximum Gasteiger partial charge on any atom is 0.333 e. The Labute approximate surface area is 149 Å². The van der Waals surface area contributed by atoms with Crippen molar-refractivity contribution >= 4 is 5.97 Å². The topological polar surface area (TPSA) is 44.1 Å². The van der Waals surface area contributed by atoms with Crippen LogP contribution in [0, 0.1) is 0 Å². The molecule has 0 bridgehead atoms. The van der Waals surface area contributed by atoms with Crippen LogP contribution in [0.15, 0.2) is 67.8 Å². The number of imidazole rings is 1. The fourth-order valence-electron chi connectivity index (χ4n) is 2.55. The molecule has 0 aliphatic heterocycles. The van der Waals surface area contributed by atoms with Crippen molar-refractivity contribution in [3.8, 4) is 0 Å². The molecule has 0 unspecified atom stereocenters. The maximum atomic E-state index is 11.8. The fourth-order valence-corrected chi connectivity index (χ4v) is 2.55. The van der Waals surface area contributed by atoms with E-state index in [0.29, 0.717) is 25.0 Å². The van der Waals surface area contributed by atoms with Crippen molar-refractivity contribution in [2.75, 3.05) is 0 Å². The van der Waals surface area contributed by atoms with E-state index in [-0.39, 0.29) is 6.61 Å². The SMILES string of the molecule is C=CCc1nc(CC=C)n(Cc2ccccc2)c1COC(=O)C(=C)C. The molecule has 1 aromatic heterocycles. The minimum Gasteiger partial charge on any atom is -0.456 e. The first kappa shape index (κ1) is 18.5. The van der Waals surface area contributed by atoms with E-state index in [2.05, 4.69) is 36.4 Å². The Bertz CT molecular complexity index is 773. The van der Waals surface area contributed by atoms with Crippen LogP contribution in [0.5, 0.6) is 0 Å². The molecule has 0 amide bonds. The van der Waals surface area contributed by atoms with Crippen LogP contribution >= 0.6 is 0 Å². The molecule has 0 saturated carbocycles. The Balaban J connectivity index is 2.40. The summed E-state index contributed by atoms with van der Waals surface area (Å²) in [5.41, 5.74) is 3.29. The van der Waals surface area contributed by atoms with Crippen molar-refractivity contribution in [1.29, 1.82) is 0 Å². The van der Waals surface area contributed by atoms with Gasteiger partial charge in [0.15, 0.2) is 0 Å². The highest BCUT2D eigenvalue weighted by atomic mass is 16.5. The molecular formula is C21H24N2O2. The van der Waals surface area contributed by atoms with E-state index in [0.717, 1.165) is 22.8 Å². The highest BCUT2D eigenvalue weighted by Crippen LogP contribution is 2.18. The zero-order valence-electron chi connectivity index (χ0n) is 14.7. The first-order chi connectivity index (χ1) is 12.1. The standard InChI is InChI=1S/C21H24N2O2/c1-5-10-18-19(15-25-21(24)16(3)4)23(20(22-18)11-6-2)14-17-12-8-7-9-13-17/h5-9,12-13H,1-3,10-11,14-15H2,4H3. The number of rotatable bonds is 9. The average Bonchev–Trinajstić information content (AvgIpc) is 2.91. The van der Waals surface area contributed by atoms with Crippen molar-refractivity contribution in [3.63, 3.8) is 0 Å². The molecule has 4 nitrogen and oxygen atoms in total. The summed E-state index contributed by atoms with van der Waals surface area (Å²) in [5, 5.41) is 0. The lowest BCUT2D eigenvalue weighted by molar-refractivity contribution is -0.140. The van der Waals surface area contributed by atoms with E-state index in [9.17, 15) is 4.79 Å². The van der Waals surface area contributed by atoms with Gasteiger partial charge in [-0.05, 0) is 12.5 Å². The van der Waals surface area contributed by atoms with Crippen LogP contribution in [-0.2, 0) is 35.5 Å². The molecule has 0 saturated heterocycles. The summed E-state index contributed by atoms with van der Waals surface area (Å²) in [5.74, 6) is 0.499. The summed E-state index contributed by atoms with van der Waals surface area (Å²) >= 11 is 0. The third-order valence-electron chi connectivity index (χ3n) is 3.77. The summed E-state index contributed by atoms with van der Waals surface area (Å²) in [6, 6.07) is 10.1. The number of nitrogens with zero attached hydrogens (tertiary/aromatic N) is 2. The van der Waals surface area contributed by atoms with Crippen LogP contribution in [0.3, 0.4) is 0 Å². The molecule has 0 N–H and O–H groups in total. The highest BCUT2D eigenvalue weighted by Gasteiger charge is 2.17. The van der Waals surface area contributed by atoms with Gasteiger partial charge in [-0.25, -0.2) is 9.78 Å². The molecule has 25 heavy (non-hydrogen) atoms. The number of benzene rings is 1. The van der Waals surface area contributed by atoms with Gasteiger partial charge in [0, 0.05) is 25.0 Å². The molecule has 0 aliphatic carbocycles. The van der Waals surface area contributed by atoms with E-state index in [1.807, 2.05) is 24.3 Å². The van der Waals surface area contributed by atoms with Crippen LogP contribution in [0.2, 0.25) is 0 Å². The smallest absolute Gasteiger partial charge is 0.333 e. The van der Waals surface area contributed by atoms with E-state index < -0.39 is 5.97 Å². The van der Waals surface area contributed by atoms with Gasteiger partial charge < -0.3 is 9.30 Å². The van der Waals surface area contributed by atoms with Crippen molar-refractivity contribution in [2.24, 2.45) is 0 Å². The van der Waals surface area contributed by atoms with Crippen LogP contribution in [0.25, 0.3) is 0 Å². The lowest BCUT2D eigenvalue weighted by atomic mass is 10.2. The first-order valence-corrected chi connectivity index (χ1v) is 8.22. The van der Waals surface area contributed by atoms with Gasteiger partial charge in [-0.15, -0.1) is 13.2 Å². The third kappa shape index (κ3) is 4.80. The summed E-state index contributed by atoms with van der Waals surface area (Å²) in [6.07, 6.45) is 4.89. The van der Waals surface area contributed by atoms with Gasteiger partial charge in [0.25, 0.3) is 0 Å². The van der Waals surface area contributed by atoms with Gasteiger partial charge in [-0.2, -0.15) is 0 Å².